The fourth-order valence-electron chi connectivity index (χ4n) is 4.10. The van der Waals surface area contributed by atoms with Gasteiger partial charge in [-0.1, -0.05) is 12.1 Å². The Labute approximate surface area is 147 Å². The molecule has 0 bridgehead atoms. The van der Waals surface area contributed by atoms with Crippen molar-refractivity contribution in [3.05, 3.63) is 35.6 Å². The van der Waals surface area contributed by atoms with Gasteiger partial charge in [0.2, 0.25) is 0 Å². The van der Waals surface area contributed by atoms with E-state index in [9.17, 15) is 9.18 Å². The molecular formula is C19H25FN2O3. The number of likely N-dealkylation sites (tertiary alicyclic amines) is 1. The molecule has 0 aliphatic carbocycles. The topological polar surface area (TPSA) is 42.0 Å². The molecule has 3 aliphatic rings. The molecule has 25 heavy (non-hydrogen) atoms. The van der Waals surface area contributed by atoms with Crippen LogP contribution in [0.1, 0.15) is 37.7 Å². The van der Waals surface area contributed by atoms with Crippen LogP contribution in [-0.2, 0) is 20.9 Å². The first-order valence-electron chi connectivity index (χ1n) is 9.23. The summed E-state index contributed by atoms with van der Waals surface area (Å²) in [5.74, 6) is -0.207. The van der Waals surface area contributed by atoms with Gasteiger partial charge in [-0.3, -0.25) is 14.5 Å². The minimum absolute atomic E-state index is 0.0110. The molecule has 1 atom stereocenters. The van der Waals surface area contributed by atoms with Crippen LogP contribution in [0.25, 0.3) is 0 Å². The Hall–Kier alpha value is -1.50. The summed E-state index contributed by atoms with van der Waals surface area (Å²) in [6.45, 7) is 4.02. The van der Waals surface area contributed by atoms with E-state index in [1.165, 1.54) is 17.2 Å². The normalized spacial score (nSPS) is 26.4. The molecule has 0 N–H and O–H groups in total. The van der Waals surface area contributed by atoms with Crippen LogP contribution < -0.4 is 0 Å². The number of halogens is 1. The van der Waals surface area contributed by atoms with Gasteiger partial charge in [0.25, 0.3) is 5.91 Å². The fraction of sp³-hybridized carbons (Fsp3) is 0.632. The molecule has 3 saturated heterocycles. The molecule has 136 valence electrons. The maximum Gasteiger partial charge on any atom is 0.275 e. The van der Waals surface area contributed by atoms with Gasteiger partial charge >= 0.3 is 0 Å². The molecule has 0 saturated carbocycles. The third kappa shape index (κ3) is 3.71. The second-order valence-corrected chi connectivity index (χ2v) is 7.36. The quantitative estimate of drug-likeness (QED) is 0.842. The van der Waals surface area contributed by atoms with Gasteiger partial charge in [-0.2, -0.15) is 0 Å². The van der Waals surface area contributed by atoms with Crippen LogP contribution in [0, 0.1) is 5.82 Å². The van der Waals surface area contributed by atoms with Gasteiger partial charge in [0, 0.05) is 19.6 Å². The van der Waals surface area contributed by atoms with Crippen molar-refractivity contribution in [2.24, 2.45) is 0 Å². The van der Waals surface area contributed by atoms with Crippen molar-refractivity contribution < 1.29 is 18.8 Å². The molecule has 6 heteroatoms. The summed E-state index contributed by atoms with van der Waals surface area (Å²) >= 11 is 0. The Bertz CT molecular complexity index is 608. The zero-order valence-electron chi connectivity index (χ0n) is 14.5. The molecule has 1 spiro atoms. The van der Waals surface area contributed by atoms with E-state index in [-0.39, 0.29) is 23.4 Å². The number of benzene rings is 1. The Morgan fingerprint density at radius 3 is 2.60 bits per heavy atom. The summed E-state index contributed by atoms with van der Waals surface area (Å²) in [4.78, 5) is 20.2. The first-order valence-corrected chi connectivity index (χ1v) is 9.23. The number of carbonyl (C=O) groups excluding carboxylic acids is 1. The molecule has 1 aromatic carbocycles. The van der Waals surface area contributed by atoms with Gasteiger partial charge in [-0.25, -0.2) is 9.45 Å². The second kappa shape index (κ2) is 7.02. The SMILES string of the molecule is O=C([C@@H]1CCC2(CCN(Cc3ccc(F)cc3)CC2)O1)N1CCCO1. The summed E-state index contributed by atoms with van der Waals surface area (Å²) in [5.41, 5.74) is 0.975. The maximum atomic E-state index is 13.0. The molecule has 1 amide bonds. The van der Waals surface area contributed by atoms with Crippen LogP contribution in [0.2, 0.25) is 0 Å². The van der Waals surface area contributed by atoms with Crippen LogP contribution in [0.5, 0.6) is 0 Å². The molecule has 4 rings (SSSR count). The lowest BCUT2D eigenvalue weighted by Crippen LogP contribution is -2.45. The predicted molar refractivity (Wildman–Crippen MR) is 90.0 cm³/mol. The van der Waals surface area contributed by atoms with E-state index in [1.807, 2.05) is 12.1 Å². The Morgan fingerprint density at radius 1 is 1.16 bits per heavy atom. The molecular weight excluding hydrogens is 323 g/mol. The number of carbonyl (C=O) groups is 1. The van der Waals surface area contributed by atoms with Crippen molar-refractivity contribution in [3.63, 3.8) is 0 Å². The van der Waals surface area contributed by atoms with Crippen molar-refractivity contribution in [3.8, 4) is 0 Å². The highest BCUT2D eigenvalue weighted by molar-refractivity contribution is 5.80. The summed E-state index contributed by atoms with van der Waals surface area (Å²) < 4.78 is 19.2. The third-order valence-corrected chi connectivity index (χ3v) is 5.62. The van der Waals surface area contributed by atoms with E-state index in [0.29, 0.717) is 13.2 Å². The second-order valence-electron chi connectivity index (χ2n) is 7.36. The van der Waals surface area contributed by atoms with Gasteiger partial charge in [0.05, 0.1) is 18.8 Å². The number of hydroxylamine groups is 2. The lowest BCUT2D eigenvalue weighted by molar-refractivity contribution is -0.185. The van der Waals surface area contributed by atoms with Crippen molar-refractivity contribution in [2.75, 3.05) is 26.2 Å². The first kappa shape index (κ1) is 16.9. The zero-order chi connectivity index (χ0) is 17.3. The molecule has 0 radical (unpaired) electrons. The molecule has 3 fully saturated rings. The Kier molecular flexibility index (Phi) is 4.75. The Balaban J connectivity index is 1.29. The predicted octanol–water partition coefficient (Wildman–Crippen LogP) is 2.50. The van der Waals surface area contributed by atoms with E-state index < -0.39 is 0 Å². The monoisotopic (exact) mass is 348 g/mol. The first-order chi connectivity index (χ1) is 12.1. The van der Waals surface area contributed by atoms with Crippen LogP contribution in [0.3, 0.4) is 0 Å². The number of hydrogen-bond donors (Lipinski definition) is 0. The van der Waals surface area contributed by atoms with Crippen molar-refractivity contribution >= 4 is 5.91 Å². The standard InChI is InChI=1S/C19H25FN2O3/c20-16-4-2-15(3-5-16)14-21-11-8-19(9-12-21)7-6-17(25-19)18(23)22-10-1-13-24-22/h2-5,17H,1,6-14H2/t17-/m0/s1. The molecule has 1 aromatic rings. The smallest absolute Gasteiger partial charge is 0.275 e. The van der Waals surface area contributed by atoms with Crippen LogP contribution >= 0.6 is 0 Å². The summed E-state index contributed by atoms with van der Waals surface area (Å²) in [6.07, 6.45) is 4.18. The van der Waals surface area contributed by atoms with E-state index >= 15 is 0 Å². The van der Waals surface area contributed by atoms with Gasteiger partial charge < -0.3 is 4.74 Å². The maximum absolute atomic E-state index is 13.0. The minimum atomic E-state index is -0.346. The highest BCUT2D eigenvalue weighted by Gasteiger charge is 2.46. The third-order valence-electron chi connectivity index (χ3n) is 5.62. The van der Waals surface area contributed by atoms with Gasteiger partial charge in [0.1, 0.15) is 11.9 Å². The molecule has 5 nitrogen and oxygen atoms in total. The average Bonchev–Trinajstić information content (AvgIpc) is 3.29. The average molecular weight is 348 g/mol. The number of ether oxygens (including phenoxy) is 1. The van der Waals surface area contributed by atoms with Crippen LogP contribution in [-0.4, -0.2) is 53.8 Å². The van der Waals surface area contributed by atoms with Crippen molar-refractivity contribution in [1.29, 1.82) is 0 Å². The summed E-state index contributed by atoms with van der Waals surface area (Å²) in [5, 5.41) is 1.48. The summed E-state index contributed by atoms with van der Waals surface area (Å²) in [7, 11) is 0. The van der Waals surface area contributed by atoms with Crippen molar-refractivity contribution in [2.45, 2.75) is 50.4 Å². The van der Waals surface area contributed by atoms with Crippen molar-refractivity contribution in [1.82, 2.24) is 9.96 Å². The lowest BCUT2D eigenvalue weighted by Gasteiger charge is -2.39. The molecule has 0 aromatic heterocycles. The Morgan fingerprint density at radius 2 is 1.92 bits per heavy atom. The zero-order valence-corrected chi connectivity index (χ0v) is 14.5. The van der Waals surface area contributed by atoms with Gasteiger partial charge in [-0.05, 0) is 49.8 Å². The summed E-state index contributed by atoms with van der Waals surface area (Å²) in [6, 6.07) is 6.71. The number of nitrogens with zero attached hydrogens (tertiary/aromatic N) is 2. The highest BCUT2D eigenvalue weighted by Crippen LogP contribution is 2.39. The largest absolute Gasteiger partial charge is 0.362 e. The molecule has 3 heterocycles. The van der Waals surface area contributed by atoms with Gasteiger partial charge in [-0.15, -0.1) is 0 Å². The molecule has 3 aliphatic heterocycles. The van der Waals surface area contributed by atoms with Crippen LogP contribution in [0.4, 0.5) is 4.39 Å². The van der Waals surface area contributed by atoms with Crippen LogP contribution in [0.15, 0.2) is 24.3 Å². The minimum Gasteiger partial charge on any atom is -0.362 e. The number of amides is 1. The van der Waals surface area contributed by atoms with Gasteiger partial charge in [0.15, 0.2) is 0 Å². The van der Waals surface area contributed by atoms with E-state index in [0.717, 1.165) is 57.3 Å². The van der Waals surface area contributed by atoms with E-state index in [2.05, 4.69) is 4.90 Å². The van der Waals surface area contributed by atoms with E-state index in [1.54, 1.807) is 0 Å². The highest BCUT2D eigenvalue weighted by atomic mass is 19.1. The molecule has 0 unspecified atom stereocenters. The number of piperidine rings is 1. The van der Waals surface area contributed by atoms with E-state index in [4.69, 9.17) is 9.57 Å². The fourth-order valence-corrected chi connectivity index (χ4v) is 4.10. The number of hydrogen-bond acceptors (Lipinski definition) is 4. The number of rotatable bonds is 3. The lowest BCUT2D eigenvalue weighted by atomic mass is 9.88.